The van der Waals surface area contributed by atoms with Crippen LogP contribution in [0.5, 0.6) is 0 Å². The van der Waals surface area contributed by atoms with Crippen LogP contribution in [-0.2, 0) is 6.54 Å². The van der Waals surface area contributed by atoms with E-state index in [2.05, 4.69) is 21.2 Å². The molecule has 3 rings (SSSR count). The zero-order valence-corrected chi connectivity index (χ0v) is 9.29. The van der Waals surface area contributed by atoms with Gasteiger partial charge < -0.3 is 5.73 Å². The van der Waals surface area contributed by atoms with Gasteiger partial charge in [-0.2, -0.15) is 5.10 Å². The average molecular weight is 230 g/mol. The van der Waals surface area contributed by atoms with E-state index in [1.807, 2.05) is 18.2 Å². The summed E-state index contributed by atoms with van der Waals surface area (Å²) >= 11 is 1.67. The third-order valence-corrected chi connectivity index (χ3v) is 3.55. The van der Waals surface area contributed by atoms with Gasteiger partial charge in [0.2, 0.25) is 0 Å². The molecule has 0 amide bonds. The van der Waals surface area contributed by atoms with Crippen LogP contribution < -0.4 is 5.73 Å². The van der Waals surface area contributed by atoms with Crippen molar-refractivity contribution in [1.29, 1.82) is 0 Å². The van der Waals surface area contributed by atoms with Crippen molar-refractivity contribution in [2.45, 2.75) is 6.54 Å². The summed E-state index contributed by atoms with van der Waals surface area (Å²) in [7, 11) is 0. The van der Waals surface area contributed by atoms with Crippen molar-refractivity contribution < 1.29 is 0 Å². The lowest BCUT2D eigenvalue weighted by atomic mass is 10.2. The summed E-state index contributed by atoms with van der Waals surface area (Å²) in [6.07, 6.45) is 1.75. The normalized spacial score (nSPS) is 11.1. The van der Waals surface area contributed by atoms with Gasteiger partial charge >= 0.3 is 0 Å². The topological polar surface area (TPSA) is 67.6 Å². The summed E-state index contributed by atoms with van der Waals surface area (Å²) < 4.78 is 0. The molecule has 3 aromatic rings. The monoisotopic (exact) mass is 230 g/mol. The maximum Gasteiger partial charge on any atom is 0.155 e. The highest BCUT2D eigenvalue weighted by molar-refractivity contribution is 7.15. The minimum absolute atomic E-state index is 0.575. The Kier molecular flexibility index (Phi) is 2.19. The Hall–Kier alpha value is -1.72. The van der Waals surface area contributed by atoms with Crippen molar-refractivity contribution in [2.75, 3.05) is 0 Å². The molecule has 3 heterocycles. The number of aromatic amines is 1. The Morgan fingerprint density at radius 3 is 3.06 bits per heavy atom. The van der Waals surface area contributed by atoms with Crippen LogP contribution in [0, 0.1) is 0 Å². The van der Waals surface area contributed by atoms with Crippen molar-refractivity contribution >= 4 is 22.4 Å². The van der Waals surface area contributed by atoms with Gasteiger partial charge in [-0.3, -0.25) is 5.10 Å². The second-order valence-corrected chi connectivity index (χ2v) is 4.61. The number of hydrogen-bond acceptors (Lipinski definition) is 4. The van der Waals surface area contributed by atoms with Gasteiger partial charge in [-0.25, -0.2) is 4.98 Å². The Morgan fingerprint density at radius 1 is 1.31 bits per heavy atom. The molecule has 5 heteroatoms. The van der Waals surface area contributed by atoms with E-state index in [4.69, 9.17) is 5.73 Å². The van der Waals surface area contributed by atoms with Crippen LogP contribution in [0.1, 0.15) is 4.88 Å². The molecule has 0 radical (unpaired) electrons. The fraction of sp³-hybridized carbons (Fsp3) is 0.0909. The van der Waals surface area contributed by atoms with Crippen LogP contribution in [0.25, 0.3) is 21.6 Å². The first kappa shape index (κ1) is 9.50. The summed E-state index contributed by atoms with van der Waals surface area (Å²) in [4.78, 5) is 6.50. The zero-order valence-electron chi connectivity index (χ0n) is 8.47. The molecular weight excluding hydrogens is 220 g/mol. The third kappa shape index (κ3) is 1.41. The number of H-pyrrole nitrogens is 1. The molecule has 80 valence electrons. The first-order valence-corrected chi connectivity index (χ1v) is 5.78. The maximum absolute atomic E-state index is 5.60. The average Bonchev–Trinajstić information content (AvgIpc) is 2.94. The van der Waals surface area contributed by atoms with Gasteiger partial charge in [0.25, 0.3) is 0 Å². The Balaban J connectivity index is 2.18. The van der Waals surface area contributed by atoms with Gasteiger partial charge in [-0.15, -0.1) is 11.3 Å². The molecule has 0 saturated heterocycles. The van der Waals surface area contributed by atoms with E-state index in [0.29, 0.717) is 6.54 Å². The molecule has 4 nitrogen and oxygen atoms in total. The van der Waals surface area contributed by atoms with Crippen LogP contribution in [-0.4, -0.2) is 15.2 Å². The van der Waals surface area contributed by atoms with Crippen molar-refractivity contribution in [3.05, 3.63) is 35.3 Å². The predicted molar refractivity (Wildman–Crippen MR) is 65.1 cm³/mol. The molecule has 0 aliphatic rings. The number of fused-ring (bicyclic) bond motifs is 1. The number of hydrogen-bond donors (Lipinski definition) is 2. The SMILES string of the molecule is NCc1ccc(-c2n[nH]c3ncccc23)s1. The molecule has 0 unspecified atom stereocenters. The zero-order chi connectivity index (χ0) is 11.0. The van der Waals surface area contributed by atoms with Crippen LogP contribution in [0.3, 0.4) is 0 Å². The second kappa shape index (κ2) is 3.70. The van der Waals surface area contributed by atoms with E-state index in [0.717, 1.165) is 26.5 Å². The molecule has 0 bridgehead atoms. The standard InChI is InChI=1S/C11H10N4S/c12-6-7-3-4-9(16-7)10-8-2-1-5-13-11(8)15-14-10/h1-5H,6,12H2,(H,13,14,15). The van der Waals surface area contributed by atoms with Crippen molar-refractivity contribution in [1.82, 2.24) is 15.2 Å². The number of rotatable bonds is 2. The molecule has 0 spiro atoms. The highest BCUT2D eigenvalue weighted by Crippen LogP contribution is 2.30. The number of nitrogens with two attached hydrogens (primary N) is 1. The van der Waals surface area contributed by atoms with Gasteiger partial charge in [-0.1, -0.05) is 0 Å². The number of nitrogens with one attached hydrogen (secondary N) is 1. The lowest BCUT2D eigenvalue weighted by Crippen LogP contribution is -1.90. The van der Waals surface area contributed by atoms with Crippen LogP contribution in [0.15, 0.2) is 30.5 Å². The molecular formula is C11H10N4S. The minimum atomic E-state index is 0.575. The minimum Gasteiger partial charge on any atom is -0.326 e. The maximum atomic E-state index is 5.60. The number of thiophene rings is 1. The lowest BCUT2D eigenvalue weighted by Gasteiger charge is -1.91. The van der Waals surface area contributed by atoms with Crippen LogP contribution in [0.4, 0.5) is 0 Å². The lowest BCUT2D eigenvalue weighted by molar-refractivity contribution is 1.10. The number of aromatic nitrogens is 3. The Morgan fingerprint density at radius 2 is 2.25 bits per heavy atom. The Labute approximate surface area is 96.1 Å². The van der Waals surface area contributed by atoms with E-state index >= 15 is 0 Å². The first-order chi connectivity index (χ1) is 7.88. The smallest absolute Gasteiger partial charge is 0.155 e. The number of nitrogens with zero attached hydrogens (tertiary/aromatic N) is 2. The summed E-state index contributed by atoms with van der Waals surface area (Å²) in [6.45, 7) is 0.575. The first-order valence-electron chi connectivity index (χ1n) is 4.97. The molecule has 0 saturated carbocycles. The van der Waals surface area contributed by atoms with Crippen LogP contribution >= 0.6 is 11.3 Å². The molecule has 0 aliphatic heterocycles. The molecule has 0 aliphatic carbocycles. The third-order valence-electron chi connectivity index (χ3n) is 2.43. The predicted octanol–water partition coefficient (Wildman–Crippen LogP) is 2.15. The highest BCUT2D eigenvalue weighted by Gasteiger charge is 2.10. The van der Waals surface area contributed by atoms with Crippen LogP contribution in [0.2, 0.25) is 0 Å². The second-order valence-electron chi connectivity index (χ2n) is 3.44. The molecule has 0 atom stereocenters. The number of pyridine rings is 1. The molecule has 3 N–H and O–H groups in total. The van der Waals surface area contributed by atoms with Gasteiger partial charge in [0, 0.05) is 23.0 Å². The van der Waals surface area contributed by atoms with Crippen molar-refractivity contribution in [3.8, 4) is 10.6 Å². The highest BCUT2D eigenvalue weighted by atomic mass is 32.1. The fourth-order valence-corrected chi connectivity index (χ4v) is 2.55. The van der Waals surface area contributed by atoms with Gasteiger partial charge in [0.15, 0.2) is 5.65 Å². The van der Waals surface area contributed by atoms with Crippen molar-refractivity contribution in [3.63, 3.8) is 0 Å². The van der Waals surface area contributed by atoms with Gasteiger partial charge in [0.1, 0.15) is 5.69 Å². The quantitative estimate of drug-likeness (QED) is 0.708. The van der Waals surface area contributed by atoms with E-state index in [9.17, 15) is 0 Å². The van der Waals surface area contributed by atoms with E-state index in [1.54, 1.807) is 17.5 Å². The summed E-state index contributed by atoms with van der Waals surface area (Å²) in [5.41, 5.74) is 7.37. The molecule has 16 heavy (non-hydrogen) atoms. The summed E-state index contributed by atoms with van der Waals surface area (Å²) in [5.74, 6) is 0. The summed E-state index contributed by atoms with van der Waals surface area (Å²) in [5, 5.41) is 8.27. The van der Waals surface area contributed by atoms with Gasteiger partial charge in [-0.05, 0) is 24.3 Å². The summed E-state index contributed by atoms with van der Waals surface area (Å²) in [6, 6.07) is 8.02. The fourth-order valence-electron chi connectivity index (χ4n) is 1.66. The Bertz CT molecular complexity index is 625. The largest absolute Gasteiger partial charge is 0.326 e. The van der Waals surface area contributed by atoms with E-state index < -0.39 is 0 Å². The van der Waals surface area contributed by atoms with Gasteiger partial charge in [0.05, 0.1) is 4.88 Å². The van der Waals surface area contributed by atoms with E-state index in [-0.39, 0.29) is 0 Å². The van der Waals surface area contributed by atoms with Crippen molar-refractivity contribution in [2.24, 2.45) is 5.73 Å². The molecule has 0 aromatic carbocycles. The molecule has 0 fully saturated rings. The molecule has 3 aromatic heterocycles. The van der Waals surface area contributed by atoms with E-state index in [1.165, 1.54) is 0 Å².